The number of aromatic hydroxyl groups is 1. The van der Waals surface area contributed by atoms with Gasteiger partial charge < -0.3 is 38.7 Å². The molecule has 42 heavy (non-hydrogen) atoms. The van der Waals surface area contributed by atoms with Crippen molar-refractivity contribution >= 4 is 14.3 Å². The summed E-state index contributed by atoms with van der Waals surface area (Å²) in [6.07, 6.45) is 2.66. The van der Waals surface area contributed by atoms with E-state index in [1.807, 2.05) is 24.3 Å². The summed E-state index contributed by atoms with van der Waals surface area (Å²) in [4.78, 5) is 12.9. The number of fused-ring (bicyclic) bond motifs is 1. The normalized spacial score (nSPS) is 23.7. The van der Waals surface area contributed by atoms with Crippen LogP contribution < -0.4 is 9.16 Å². The lowest BCUT2D eigenvalue weighted by molar-refractivity contribution is -0.166. The highest BCUT2D eigenvalue weighted by molar-refractivity contribution is 6.74. The van der Waals surface area contributed by atoms with Gasteiger partial charge in [0.1, 0.15) is 35.0 Å². The minimum absolute atomic E-state index is 0.00243. The highest BCUT2D eigenvalue weighted by atomic mass is 28.4. The molecule has 0 radical (unpaired) electrons. The van der Waals surface area contributed by atoms with Gasteiger partial charge in [-0.25, -0.2) is 4.79 Å². The third kappa shape index (κ3) is 7.73. The first-order chi connectivity index (χ1) is 19.6. The minimum atomic E-state index is -2.21. The second kappa shape index (κ2) is 12.4. The number of hydrogen-bond donors (Lipinski definition) is 3. The predicted molar refractivity (Wildman–Crippen MR) is 160 cm³/mol. The summed E-state index contributed by atoms with van der Waals surface area (Å²) in [7, 11) is -0.596. The highest BCUT2D eigenvalue weighted by Crippen LogP contribution is 2.41. The molecule has 0 amide bonds. The van der Waals surface area contributed by atoms with E-state index in [1.165, 1.54) is 6.07 Å². The van der Waals surface area contributed by atoms with Gasteiger partial charge in [0.05, 0.1) is 25.9 Å². The molecule has 1 fully saturated rings. The van der Waals surface area contributed by atoms with Crippen molar-refractivity contribution < 1.29 is 43.5 Å². The Morgan fingerprint density at radius 2 is 1.86 bits per heavy atom. The second-order valence-electron chi connectivity index (χ2n) is 12.8. The highest BCUT2D eigenvalue weighted by Gasteiger charge is 2.46. The van der Waals surface area contributed by atoms with Crippen LogP contribution in [-0.2, 0) is 27.2 Å². The molecule has 10 heteroatoms. The fraction of sp³-hybridized carbons (Fsp3) is 0.531. The van der Waals surface area contributed by atoms with Crippen LogP contribution in [0.2, 0.25) is 18.1 Å². The van der Waals surface area contributed by atoms with Crippen molar-refractivity contribution in [1.29, 1.82) is 0 Å². The molecule has 0 saturated carbocycles. The molecule has 2 aliphatic rings. The number of phenols is 1. The molecule has 230 valence electrons. The zero-order chi connectivity index (χ0) is 30.9. The Kier molecular flexibility index (Phi) is 9.44. The summed E-state index contributed by atoms with van der Waals surface area (Å²) in [6.45, 7) is 12.6. The smallest absolute Gasteiger partial charge is 0.344 e. The third-order valence-corrected chi connectivity index (χ3v) is 12.5. The van der Waals surface area contributed by atoms with Gasteiger partial charge in [0.15, 0.2) is 0 Å². The van der Waals surface area contributed by atoms with Crippen molar-refractivity contribution in [2.24, 2.45) is 0 Å². The number of cyclic esters (lactones) is 1. The van der Waals surface area contributed by atoms with Crippen molar-refractivity contribution in [2.45, 2.75) is 102 Å². The van der Waals surface area contributed by atoms with Gasteiger partial charge >= 0.3 is 5.97 Å². The van der Waals surface area contributed by atoms with Crippen LogP contribution in [-0.4, -0.2) is 66.9 Å². The summed E-state index contributed by atoms with van der Waals surface area (Å²) in [5, 5.41) is 31.7. The van der Waals surface area contributed by atoms with E-state index in [0.717, 1.165) is 11.3 Å². The first-order valence-electron chi connectivity index (χ1n) is 14.4. The van der Waals surface area contributed by atoms with Crippen molar-refractivity contribution in [1.82, 2.24) is 0 Å². The summed E-state index contributed by atoms with van der Waals surface area (Å²) < 4.78 is 29.0. The van der Waals surface area contributed by atoms with Crippen LogP contribution in [0.15, 0.2) is 48.6 Å². The van der Waals surface area contributed by atoms with E-state index in [1.54, 1.807) is 32.3 Å². The summed E-state index contributed by atoms with van der Waals surface area (Å²) in [5.41, 5.74) is 1.46. The van der Waals surface area contributed by atoms with E-state index in [-0.39, 0.29) is 41.4 Å². The number of aliphatic hydroxyl groups excluding tert-OH is 1. The van der Waals surface area contributed by atoms with Gasteiger partial charge in [-0.1, -0.05) is 45.1 Å². The number of aliphatic hydroxyl groups is 2. The number of esters is 1. The van der Waals surface area contributed by atoms with Crippen LogP contribution in [0.1, 0.15) is 62.0 Å². The van der Waals surface area contributed by atoms with Crippen molar-refractivity contribution in [3.63, 3.8) is 0 Å². The van der Waals surface area contributed by atoms with Gasteiger partial charge in [-0.05, 0) is 54.4 Å². The number of hydrogen-bond acceptors (Lipinski definition) is 9. The van der Waals surface area contributed by atoms with Crippen molar-refractivity contribution in [3.8, 4) is 17.2 Å². The molecule has 2 aromatic carbocycles. The number of carbonyl (C=O) groups excluding carboxylic acids is 1. The maximum absolute atomic E-state index is 12.9. The van der Waals surface area contributed by atoms with E-state index >= 15 is 0 Å². The van der Waals surface area contributed by atoms with Crippen LogP contribution in [0, 0.1) is 0 Å². The summed E-state index contributed by atoms with van der Waals surface area (Å²) >= 11 is 0. The Bertz CT molecular complexity index is 1280. The van der Waals surface area contributed by atoms with Crippen LogP contribution in [0.25, 0.3) is 0 Å². The van der Waals surface area contributed by atoms with Crippen LogP contribution >= 0.6 is 0 Å². The quantitative estimate of drug-likeness (QED) is 0.129. The molecule has 9 nitrogen and oxygen atoms in total. The average molecular weight is 601 g/mol. The van der Waals surface area contributed by atoms with Gasteiger partial charge in [-0.15, -0.1) is 0 Å². The number of benzene rings is 2. The lowest BCUT2D eigenvalue weighted by Crippen LogP contribution is -2.44. The monoisotopic (exact) mass is 600 g/mol. The second-order valence-corrected chi connectivity index (χ2v) is 17.6. The van der Waals surface area contributed by atoms with E-state index in [9.17, 15) is 20.1 Å². The molecule has 0 spiro atoms. The Morgan fingerprint density at radius 1 is 1.17 bits per heavy atom. The molecule has 2 heterocycles. The molecule has 1 unspecified atom stereocenters. The van der Waals surface area contributed by atoms with Gasteiger partial charge in [-0.3, -0.25) is 0 Å². The molecule has 5 atom stereocenters. The topological polar surface area (TPSA) is 127 Å². The Balaban J connectivity index is 1.47. The average Bonchev–Trinajstić information content (AvgIpc) is 3.62. The minimum Gasteiger partial charge on any atom is -0.543 e. The number of carbonyl (C=O) groups is 1. The molecular weight excluding hydrogens is 556 g/mol. The lowest BCUT2D eigenvalue weighted by atomic mass is 9.93. The van der Waals surface area contributed by atoms with Crippen molar-refractivity contribution in [2.75, 3.05) is 7.11 Å². The Hall–Kier alpha value is -2.89. The van der Waals surface area contributed by atoms with E-state index in [2.05, 4.69) is 33.9 Å². The van der Waals surface area contributed by atoms with Crippen LogP contribution in [0.4, 0.5) is 0 Å². The van der Waals surface area contributed by atoms with Gasteiger partial charge in [0.2, 0.25) is 14.1 Å². The number of phenolic OH excluding ortho intramolecular Hbond substituents is 1. The van der Waals surface area contributed by atoms with E-state index in [4.69, 9.17) is 23.4 Å². The molecule has 0 bridgehead atoms. The van der Waals surface area contributed by atoms with Gasteiger partial charge in [0, 0.05) is 25.3 Å². The predicted octanol–water partition coefficient (Wildman–Crippen LogP) is 5.26. The SMILES string of the molecule is COc1ccc(CO[C@H](/C=C/CC2(O)Cc3cc(O[Si](C)(C)C(C)(C)C)cc(O)c3C(=O)O2)[C@H]2O[C@@H]2C[C@H](C)O)cc1. The zero-order valence-corrected chi connectivity index (χ0v) is 26.5. The maximum atomic E-state index is 12.9. The maximum Gasteiger partial charge on any atom is 0.344 e. The lowest BCUT2D eigenvalue weighted by Gasteiger charge is -2.37. The standard InChI is InChI=1S/C32H44O9Si/c1-20(33)15-27-29(39-27)26(38-19-21-10-12-23(37-5)13-11-21)9-8-14-32(36)18-22-16-24(41-42(6,7)31(2,3)4)17-25(34)28(22)30(35)40-32/h8-13,16-17,20,26-27,29,33-34,36H,14-15,18-19H2,1-7H3/b9-8+/t20-,26+,27+,29+,32?/m0/s1. The van der Waals surface area contributed by atoms with Gasteiger partial charge in [0.25, 0.3) is 0 Å². The third-order valence-electron chi connectivity index (χ3n) is 8.19. The zero-order valence-electron chi connectivity index (χ0n) is 25.5. The van der Waals surface area contributed by atoms with Gasteiger partial charge in [-0.2, -0.15) is 0 Å². The van der Waals surface area contributed by atoms with Crippen molar-refractivity contribution in [3.05, 3.63) is 65.2 Å². The molecule has 0 aliphatic carbocycles. The summed E-state index contributed by atoms with van der Waals surface area (Å²) in [6, 6.07) is 10.7. The fourth-order valence-corrected chi connectivity index (χ4v) is 5.75. The number of methoxy groups -OCH3 is 1. The first-order valence-corrected chi connectivity index (χ1v) is 17.3. The number of epoxide rings is 1. The molecule has 3 N–H and O–H groups in total. The molecule has 1 saturated heterocycles. The molecule has 4 rings (SSSR count). The fourth-order valence-electron chi connectivity index (χ4n) is 4.74. The van der Waals surface area contributed by atoms with Crippen LogP contribution in [0.3, 0.4) is 0 Å². The first kappa shape index (κ1) is 32.0. The largest absolute Gasteiger partial charge is 0.543 e. The number of ether oxygens (including phenoxy) is 4. The molecule has 2 aromatic rings. The van der Waals surface area contributed by atoms with Crippen LogP contribution in [0.5, 0.6) is 17.2 Å². The summed E-state index contributed by atoms with van der Waals surface area (Å²) in [5.74, 6) is -1.62. The molecule has 2 aliphatic heterocycles. The number of rotatable bonds is 12. The molecule has 0 aromatic heterocycles. The Morgan fingerprint density at radius 3 is 2.48 bits per heavy atom. The van der Waals surface area contributed by atoms with E-state index < -0.39 is 32.3 Å². The Labute approximate surface area is 249 Å². The molecular formula is C32H44O9Si. The van der Waals surface area contributed by atoms with E-state index in [0.29, 0.717) is 24.3 Å².